The molecule has 1 rings (SSSR count). The average Bonchev–Trinajstić information content (AvgIpc) is 2.43. The summed E-state index contributed by atoms with van der Waals surface area (Å²) in [7, 11) is 0. The van der Waals surface area contributed by atoms with Crippen LogP contribution in [0.2, 0.25) is 0 Å². The number of aryl methyl sites for hydroxylation is 1. The zero-order valence-electron chi connectivity index (χ0n) is 12.6. The summed E-state index contributed by atoms with van der Waals surface area (Å²) in [5, 5.41) is 11.3. The Morgan fingerprint density at radius 2 is 2.10 bits per heavy atom. The number of benzene rings is 1. The van der Waals surface area contributed by atoms with Gasteiger partial charge in [0.2, 0.25) is 0 Å². The second kappa shape index (κ2) is 8.09. The molecule has 0 fully saturated rings. The van der Waals surface area contributed by atoms with Crippen molar-refractivity contribution in [1.82, 2.24) is 0 Å². The number of carboxylic acid groups (broad SMARTS) is 1. The second-order valence-corrected chi connectivity index (χ2v) is 5.06. The molecule has 114 valence electrons. The number of ether oxygens (including phenoxy) is 1. The van der Waals surface area contributed by atoms with Crippen molar-refractivity contribution in [2.45, 2.75) is 27.2 Å². The highest BCUT2D eigenvalue weighted by molar-refractivity contribution is 5.87. The quantitative estimate of drug-likeness (QED) is 0.786. The minimum Gasteiger partial charge on any atom is -0.478 e. The Kier molecular flexibility index (Phi) is 6.46. The van der Waals surface area contributed by atoms with E-state index in [2.05, 4.69) is 5.32 Å². The first-order chi connectivity index (χ1) is 9.92. The number of aliphatic carboxylic acids is 1. The predicted molar refractivity (Wildman–Crippen MR) is 82.3 cm³/mol. The van der Waals surface area contributed by atoms with Gasteiger partial charge in [0.1, 0.15) is 0 Å². The Balaban J connectivity index is 2.79. The van der Waals surface area contributed by atoms with Crippen LogP contribution in [-0.2, 0) is 16.0 Å². The Bertz CT molecular complexity index is 535. The number of carbonyl (C=O) groups excluding carboxylic acids is 1. The van der Waals surface area contributed by atoms with Gasteiger partial charge in [-0.15, -0.1) is 0 Å². The molecule has 0 unspecified atom stereocenters. The van der Waals surface area contributed by atoms with Gasteiger partial charge in [-0.25, -0.2) is 9.59 Å². The standard InChI is InChI=1S/C16H21NO4/c1-4-13-9-12(6-8-15(18)19)5-7-14(13)17-16(20)21-10-11(2)3/h5-9,11H,4,10H2,1-3H3,(H,17,20)(H,18,19)/b8-6+. The van der Waals surface area contributed by atoms with E-state index < -0.39 is 12.1 Å². The van der Waals surface area contributed by atoms with E-state index in [1.165, 1.54) is 6.08 Å². The lowest BCUT2D eigenvalue weighted by atomic mass is 10.1. The van der Waals surface area contributed by atoms with Crippen molar-refractivity contribution >= 4 is 23.8 Å². The van der Waals surface area contributed by atoms with Crippen molar-refractivity contribution in [1.29, 1.82) is 0 Å². The molecule has 0 spiro atoms. The fourth-order valence-electron chi connectivity index (χ4n) is 1.69. The van der Waals surface area contributed by atoms with E-state index in [4.69, 9.17) is 9.84 Å². The zero-order valence-corrected chi connectivity index (χ0v) is 12.6. The van der Waals surface area contributed by atoms with Gasteiger partial charge in [0.25, 0.3) is 0 Å². The maximum absolute atomic E-state index is 11.7. The average molecular weight is 291 g/mol. The Morgan fingerprint density at radius 1 is 1.38 bits per heavy atom. The first kappa shape index (κ1) is 16.8. The van der Waals surface area contributed by atoms with Crippen LogP contribution in [0.4, 0.5) is 10.5 Å². The third kappa shape index (κ3) is 6.12. The van der Waals surface area contributed by atoms with E-state index in [1.807, 2.05) is 26.8 Å². The third-order valence-corrected chi connectivity index (χ3v) is 2.71. The number of rotatable bonds is 6. The van der Waals surface area contributed by atoms with Gasteiger partial charge in [0.05, 0.1) is 6.61 Å². The van der Waals surface area contributed by atoms with Crippen LogP contribution in [0.5, 0.6) is 0 Å². The van der Waals surface area contributed by atoms with Gasteiger partial charge < -0.3 is 9.84 Å². The topological polar surface area (TPSA) is 75.6 Å². The maximum atomic E-state index is 11.7. The summed E-state index contributed by atoms with van der Waals surface area (Å²) in [5.74, 6) is -0.711. The molecular formula is C16H21NO4. The molecule has 1 amide bonds. The summed E-state index contributed by atoms with van der Waals surface area (Å²) in [5.41, 5.74) is 2.37. The number of nitrogens with one attached hydrogen (secondary N) is 1. The number of hydrogen-bond acceptors (Lipinski definition) is 3. The van der Waals surface area contributed by atoms with Gasteiger partial charge >= 0.3 is 12.1 Å². The molecule has 1 aromatic rings. The maximum Gasteiger partial charge on any atom is 0.411 e. The molecule has 21 heavy (non-hydrogen) atoms. The van der Waals surface area contributed by atoms with Crippen molar-refractivity contribution in [2.75, 3.05) is 11.9 Å². The molecule has 0 aliphatic rings. The first-order valence-electron chi connectivity index (χ1n) is 6.90. The molecule has 0 heterocycles. The fourth-order valence-corrected chi connectivity index (χ4v) is 1.69. The number of amides is 1. The molecule has 1 aromatic carbocycles. The molecule has 0 aliphatic carbocycles. The Labute approximate surface area is 124 Å². The monoisotopic (exact) mass is 291 g/mol. The normalized spacial score (nSPS) is 10.9. The highest BCUT2D eigenvalue weighted by Crippen LogP contribution is 2.19. The molecule has 0 saturated carbocycles. The van der Waals surface area contributed by atoms with Crippen LogP contribution >= 0.6 is 0 Å². The molecule has 5 nitrogen and oxygen atoms in total. The molecule has 5 heteroatoms. The minimum atomic E-state index is -0.993. The van der Waals surface area contributed by atoms with E-state index in [0.29, 0.717) is 18.7 Å². The van der Waals surface area contributed by atoms with Crippen molar-refractivity contribution in [3.05, 3.63) is 35.4 Å². The SMILES string of the molecule is CCc1cc(/C=C/C(=O)O)ccc1NC(=O)OCC(C)C. The molecule has 0 saturated heterocycles. The van der Waals surface area contributed by atoms with Crippen LogP contribution in [0, 0.1) is 5.92 Å². The van der Waals surface area contributed by atoms with Gasteiger partial charge in [0.15, 0.2) is 0 Å². The van der Waals surface area contributed by atoms with Crippen LogP contribution in [0.3, 0.4) is 0 Å². The molecule has 0 aliphatic heterocycles. The fraction of sp³-hybridized carbons (Fsp3) is 0.375. The Morgan fingerprint density at radius 3 is 2.67 bits per heavy atom. The summed E-state index contributed by atoms with van der Waals surface area (Å²) < 4.78 is 5.07. The molecule has 0 aromatic heterocycles. The predicted octanol–water partition coefficient (Wildman–Crippen LogP) is 3.55. The number of carbonyl (C=O) groups is 2. The first-order valence-corrected chi connectivity index (χ1v) is 6.90. The summed E-state index contributed by atoms with van der Waals surface area (Å²) in [6.45, 7) is 6.26. The van der Waals surface area contributed by atoms with Gasteiger partial charge in [-0.1, -0.05) is 26.8 Å². The molecular weight excluding hydrogens is 270 g/mol. The summed E-state index contributed by atoms with van der Waals surface area (Å²) in [4.78, 5) is 22.2. The summed E-state index contributed by atoms with van der Waals surface area (Å²) >= 11 is 0. The number of hydrogen-bond donors (Lipinski definition) is 2. The highest BCUT2D eigenvalue weighted by Gasteiger charge is 2.08. The molecule has 2 N–H and O–H groups in total. The third-order valence-electron chi connectivity index (χ3n) is 2.71. The molecule has 0 bridgehead atoms. The van der Waals surface area contributed by atoms with E-state index in [-0.39, 0.29) is 5.92 Å². The lowest BCUT2D eigenvalue weighted by molar-refractivity contribution is -0.131. The number of anilines is 1. The van der Waals surface area contributed by atoms with Crippen LogP contribution in [0.1, 0.15) is 31.9 Å². The molecule has 0 radical (unpaired) electrons. The second-order valence-electron chi connectivity index (χ2n) is 5.06. The Hall–Kier alpha value is -2.30. The van der Waals surface area contributed by atoms with Crippen LogP contribution in [0.25, 0.3) is 6.08 Å². The van der Waals surface area contributed by atoms with Crippen molar-refractivity contribution in [3.63, 3.8) is 0 Å². The van der Waals surface area contributed by atoms with Crippen molar-refractivity contribution in [2.24, 2.45) is 5.92 Å². The van der Waals surface area contributed by atoms with Crippen LogP contribution < -0.4 is 5.32 Å². The summed E-state index contributed by atoms with van der Waals surface area (Å²) in [6, 6.07) is 5.34. The van der Waals surface area contributed by atoms with E-state index >= 15 is 0 Å². The zero-order chi connectivity index (χ0) is 15.8. The van der Waals surface area contributed by atoms with E-state index in [9.17, 15) is 9.59 Å². The van der Waals surface area contributed by atoms with E-state index in [0.717, 1.165) is 17.2 Å². The minimum absolute atomic E-state index is 0.282. The van der Waals surface area contributed by atoms with E-state index in [1.54, 1.807) is 12.1 Å². The largest absolute Gasteiger partial charge is 0.478 e. The highest BCUT2D eigenvalue weighted by atomic mass is 16.5. The molecule has 0 atom stereocenters. The van der Waals surface area contributed by atoms with Gasteiger partial charge in [-0.05, 0) is 41.7 Å². The van der Waals surface area contributed by atoms with Crippen molar-refractivity contribution in [3.8, 4) is 0 Å². The van der Waals surface area contributed by atoms with Crippen LogP contribution in [0.15, 0.2) is 24.3 Å². The van der Waals surface area contributed by atoms with Crippen LogP contribution in [-0.4, -0.2) is 23.8 Å². The van der Waals surface area contributed by atoms with Gasteiger partial charge in [0, 0.05) is 11.8 Å². The van der Waals surface area contributed by atoms with Crippen molar-refractivity contribution < 1.29 is 19.4 Å². The van der Waals surface area contributed by atoms with Gasteiger partial charge in [-0.3, -0.25) is 5.32 Å². The lowest BCUT2D eigenvalue weighted by Crippen LogP contribution is -2.17. The van der Waals surface area contributed by atoms with Gasteiger partial charge in [-0.2, -0.15) is 0 Å². The lowest BCUT2D eigenvalue weighted by Gasteiger charge is -2.12. The smallest absolute Gasteiger partial charge is 0.411 e. The number of carboxylic acids is 1. The summed E-state index contributed by atoms with van der Waals surface area (Å²) in [6.07, 6.45) is 2.84.